The average molecular weight is 379 g/mol. The van der Waals surface area contributed by atoms with Gasteiger partial charge < -0.3 is 25.0 Å². The first-order valence-electron chi connectivity index (χ1n) is 8.70. The van der Waals surface area contributed by atoms with Crippen LogP contribution in [0, 0.1) is 0 Å². The van der Waals surface area contributed by atoms with E-state index in [-0.39, 0.29) is 24.7 Å². The van der Waals surface area contributed by atoms with Crippen molar-refractivity contribution in [1.29, 1.82) is 0 Å². The number of aliphatic carboxylic acids is 2. The van der Waals surface area contributed by atoms with Gasteiger partial charge in [0, 0.05) is 13.0 Å². The van der Waals surface area contributed by atoms with Gasteiger partial charge in [0.25, 0.3) is 0 Å². The van der Waals surface area contributed by atoms with Crippen molar-refractivity contribution in [2.45, 2.75) is 58.0 Å². The number of carbonyl (C=O) groups is 3. The fourth-order valence-corrected chi connectivity index (χ4v) is 2.88. The van der Waals surface area contributed by atoms with Gasteiger partial charge in [-0.25, -0.2) is 4.79 Å². The number of benzene rings is 1. The van der Waals surface area contributed by atoms with Crippen LogP contribution in [0.25, 0.3) is 0 Å². The summed E-state index contributed by atoms with van der Waals surface area (Å²) in [5, 5.41) is 21.0. The molecule has 3 N–H and O–H groups in total. The highest BCUT2D eigenvalue weighted by Crippen LogP contribution is 2.22. The van der Waals surface area contributed by atoms with E-state index in [9.17, 15) is 14.4 Å². The molecule has 1 aromatic rings. The highest BCUT2D eigenvalue weighted by Gasteiger charge is 2.30. The summed E-state index contributed by atoms with van der Waals surface area (Å²) in [5.74, 6) is -2.52. The summed E-state index contributed by atoms with van der Waals surface area (Å²) in [6.07, 6.45) is -0.288. The third kappa shape index (κ3) is 6.04. The van der Waals surface area contributed by atoms with Gasteiger partial charge in [0.05, 0.1) is 24.7 Å². The minimum atomic E-state index is -1.02. The van der Waals surface area contributed by atoms with Crippen molar-refractivity contribution >= 4 is 17.9 Å². The van der Waals surface area contributed by atoms with Gasteiger partial charge in [-0.05, 0) is 38.0 Å². The smallest absolute Gasteiger partial charge is 0.339 e. The van der Waals surface area contributed by atoms with Crippen LogP contribution in [0.5, 0.6) is 0 Å². The molecular weight excluding hydrogens is 354 g/mol. The molecular formula is C19H25NO7. The molecule has 2 atom stereocenters. The van der Waals surface area contributed by atoms with Crippen LogP contribution in [-0.2, 0) is 32.1 Å². The molecule has 1 unspecified atom stereocenters. The van der Waals surface area contributed by atoms with Crippen molar-refractivity contribution in [2.75, 3.05) is 6.54 Å². The van der Waals surface area contributed by atoms with Gasteiger partial charge >= 0.3 is 17.9 Å². The van der Waals surface area contributed by atoms with Gasteiger partial charge in [0.15, 0.2) is 0 Å². The zero-order valence-electron chi connectivity index (χ0n) is 15.7. The number of carboxylic acid groups (broad SMARTS) is 2. The maximum absolute atomic E-state index is 12.5. The third-order valence-corrected chi connectivity index (χ3v) is 4.09. The Bertz CT molecular complexity index is 723. The lowest BCUT2D eigenvalue weighted by molar-refractivity contribution is -0.139. The van der Waals surface area contributed by atoms with E-state index in [4.69, 9.17) is 19.7 Å². The number of ether oxygens (including phenoxy) is 2. The highest BCUT2D eigenvalue weighted by atomic mass is 16.6. The van der Waals surface area contributed by atoms with Gasteiger partial charge in [0.1, 0.15) is 11.6 Å². The third-order valence-electron chi connectivity index (χ3n) is 4.09. The summed E-state index contributed by atoms with van der Waals surface area (Å²) in [5.41, 5.74) is 0.478. The molecule has 1 fully saturated rings. The molecule has 0 aliphatic carbocycles. The molecule has 27 heavy (non-hydrogen) atoms. The molecule has 0 aromatic heterocycles. The Labute approximate surface area is 157 Å². The van der Waals surface area contributed by atoms with E-state index < -0.39 is 29.6 Å². The van der Waals surface area contributed by atoms with Crippen LogP contribution >= 0.6 is 0 Å². The molecule has 2 rings (SSSR count). The lowest BCUT2D eigenvalue weighted by Crippen LogP contribution is -2.29. The second-order valence-corrected chi connectivity index (χ2v) is 7.48. The van der Waals surface area contributed by atoms with Crippen LogP contribution in [0.1, 0.15) is 48.7 Å². The molecule has 1 heterocycles. The van der Waals surface area contributed by atoms with E-state index in [2.05, 4.69) is 5.32 Å². The second kappa shape index (κ2) is 8.49. The maximum Gasteiger partial charge on any atom is 0.339 e. The summed E-state index contributed by atoms with van der Waals surface area (Å²) in [7, 11) is 0. The van der Waals surface area contributed by atoms with Crippen LogP contribution in [0.15, 0.2) is 18.2 Å². The molecule has 0 saturated carbocycles. The Kier molecular flexibility index (Phi) is 6.56. The van der Waals surface area contributed by atoms with Crippen LogP contribution < -0.4 is 5.32 Å². The van der Waals surface area contributed by atoms with E-state index in [1.54, 1.807) is 39.0 Å². The molecule has 148 valence electrons. The molecule has 1 aliphatic rings. The minimum Gasteiger partial charge on any atom is -0.481 e. The molecule has 8 heteroatoms. The number of carbonyl (C=O) groups excluding carboxylic acids is 1. The number of esters is 1. The Balaban J connectivity index is 2.21. The average Bonchev–Trinajstić information content (AvgIpc) is 3.00. The van der Waals surface area contributed by atoms with Crippen molar-refractivity contribution in [3.05, 3.63) is 34.9 Å². The van der Waals surface area contributed by atoms with Gasteiger partial charge in [-0.2, -0.15) is 0 Å². The van der Waals surface area contributed by atoms with Crippen molar-refractivity contribution in [3.63, 3.8) is 0 Å². The first kappa shape index (κ1) is 20.9. The predicted molar refractivity (Wildman–Crippen MR) is 95.6 cm³/mol. The summed E-state index contributed by atoms with van der Waals surface area (Å²) in [6.45, 7) is 5.62. The molecule has 0 radical (unpaired) electrons. The number of nitrogens with one attached hydrogen (secondary N) is 1. The predicted octanol–water partition coefficient (Wildman–Crippen LogP) is 1.60. The fraction of sp³-hybridized carbons (Fsp3) is 0.526. The summed E-state index contributed by atoms with van der Waals surface area (Å²) >= 11 is 0. The maximum atomic E-state index is 12.5. The van der Waals surface area contributed by atoms with Gasteiger partial charge in [-0.15, -0.1) is 0 Å². The molecule has 0 amide bonds. The monoisotopic (exact) mass is 379 g/mol. The lowest BCUT2D eigenvalue weighted by atomic mass is 9.99. The summed E-state index contributed by atoms with van der Waals surface area (Å²) in [4.78, 5) is 34.7. The van der Waals surface area contributed by atoms with Crippen LogP contribution in [-0.4, -0.2) is 52.4 Å². The number of carboxylic acids is 2. The minimum absolute atomic E-state index is 0.00326. The number of rotatable bonds is 7. The van der Waals surface area contributed by atoms with E-state index in [1.807, 2.05) is 0 Å². The molecule has 0 bridgehead atoms. The van der Waals surface area contributed by atoms with Gasteiger partial charge in [0.2, 0.25) is 0 Å². The Morgan fingerprint density at radius 1 is 1.22 bits per heavy atom. The Hall–Kier alpha value is -2.45. The standard InChI is InChI=1S/C19H25NO7/c1-19(2,3)27-18(25)13-6-4-5-11(7-16(21)22)14(13)10-26-12-8-15(17(23)24)20-9-12/h4-6,12,15,20H,7-10H2,1-3H3,(H,21,22)(H,23,24)/t12?,15-/m0/s1. The van der Waals surface area contributed by atoms with E-state index >= 15 is 0 Å². The lowest BCUT2D eigenvalue weighted by Gasteiger charge is -2.22. The van der Waals surface area contributed by atoms with Crippen LogP contribution in [0.2, 0.25) is 0 Å². The molecule has 0 spiro atoms. The Morgan fingerprint density at radius 3 is 2.48 bits per heavy atom. The highest BCUT2D eigenvalue weighted by molar-refractivity contribution is 5.92. The van der Waals surface area contributed by atoms with Gasteiger partial charge in [-0.3, -0.25) is 9.59 Å². The fourth-order valence-electron chi connectivity index (χ4n) is 2.88. The summed E-state index contributed by atoms with van der Waals surface area (Å²) < 4.78 is 11.2. The molecule has 1 aliphatic heterocycles. The van der Waals surface area contributed by atoms with E-state index in [1.165, 1.54) is 0 Å². The Morgan fingerprint density at radius 2 is 1.93 bits per heavy atom. The zero-order valence-corrected chi connectivity index (χ0v) is 15.7. The number of hydrogen-bond donors (Lipinski definition) is 3. The largest absolute Gasteiger partial charge is 0.481 e. The van der Waals surface area contributed by atoms with Crippen molar-refractivity contribution in [2.24, 2.45) is 0 Å². The topological polar surface area (TPSA) is 122 Å². The quantitative estimate of drug-likeness (QED) is 0.611. The summed E-state index contributed by atoms with van der Waals surface area (Å²) in [6, 6.07) is 4.15. The van der Waals surface area contributed by atoms with Crippen molar-refractivity contribution in [3.8, 4) is 0 Å². The first-order chi connectivity index (χ1) is 12.6. The normalized spacial score (nSPS) is 19.7. The van der Waals surface area contributed by atoms with Crippen molar-refractivity contribution < 1.29 is 34.1 Å². The number of hydrogen-bond acceptors (Lipinski definition) is 6. The molecule has 8 nitrogen and oxygen atoms in total. The van der Waals surface area contributed by atoms with E-state index in [0.717, 1.165) is 0 Å². The molecule has 1 saturated heterocycles. The second-order valence-electron chi connectivity index (χ2n) is 7.48. The zero-order chi connectivity index (χ0) is 20.2. The van der Waals surface area contributed by atoms with Crippen molar-refractivity contribution in [1.82, 2.24) is 5.32 Å². The molecule has 1 aromatic carbocycles. The first-order valence-corrected chi connectivity index (χ1v) is 8.70. The van der Waals surface area contributed by atoms with E-state index in [0.29, 0.717) is 24.1 Å². The van der Waals surface area contributed by atoms with Crippen LogP contribution in [0.3, 0.4) is 0 Å². The van der Waals surface area contributed by atoms with Crippen LogP contribution in [0.4, 0.5) is 0 Å². The SMILES string of the molecule is CC(C)(C)OC(=O)c1cccc(CC(=O)O)c1COC1CN[C@H](C(=O)O)C1. The van der Waals surface area contributed by atoms with Gasteiger partial charge in [-0.1, -0.05) is 12.1 Å².